The minimum atomic E-state index is 0.00787. The molecular weight excluding hydrogens is 362 g/mol. The summed E-state index contributed by atoms with van der Waals surface area (Å²) in [6.07, 6.45) is 5.34. The number of amides is 1. The smallest absolute Gasteiger partial charge is 0.257 e. The van der Waals surface area contributed by atoms with Crippen molar-refractivity contribution in [1.82, 2.24) is 9.88 Å². The molecule has 150 valence electrons. The van der Waals surface area contributed by atoms with E-state index in [4.69, 9.17) is 4.74 Å². The third kappa shape index (κ3) is 4.19. The minimum absolute atomic E-state index is 0.00787. The fourth-order valence-corrected chi connectivity index (χ4v) is 3.97. The van der Waals surface area contributed by atoms with E-state index in [0.717, 1.165) is 53.8 Å². The number of hydrogen-bond donors (Lipinski definition) is 0. The predicted molar refractivity (Wildman–Crippen MR) is 117 cm³/mol. The largest absolute Gasteiger partial charge is 0.497 e. The van der Waals surface area contributed by atoms with E-state index in [9.17, 15) is 4.79 Å². The van der Waals surface area contributed by atoms with E-state index in [1.807, 2.05) is 31.3 Å². The van der Waals surface area contributed by atoms with Crippen LogP contribution in [0.3, 0.4) is 0 Å². The number of carbonyl (C=O) groups excluding carboxylic acids is 1. The van der Waals surface area contributed by atoms with Crippen molar-refractivity contribution in [3.05, 3.63) is 65.9 Å². The van der Waals surface area contributed by atoms with Crippen LogP contribution in [0.2, 0.25) is 0 Å². The number of methoxy groups -OCH3 is 1. The Morgan fingerprint density at radius 2 is 1.83 bits per heavy atom. The monoisotopic (exact) mass is 389 g/mol. The molecule has 2 aromatic carbocycles. The highest BCUT2D eigenvalue weighted by Crippen LogP contribution is 2.25. The van der Waals surface area contributed by atoms with Crippen LogP contribution in [0.15, 0.2) is 54.7 Å². The molecule has 1 fully saturated rings. The van der Waals surface area contributed by atoms with Crippen LogP contribution in [-0.4, -0.2) is 43.0 Å². The number of carbonyl (C=O) groups is 1. The summed E-state index contributed by atoms with van der Waals surface area (Å²) in [4.78, 5) is 21.8. The molecular formula is C24H27N3O2. The Morgan fingerprint density at radius 1 is 1.07 bits per heavy atom. The molecule has 1 amide bonds. The van der Waals surface area contributed by atoms with Crippen molar-refractivity contribution in [1.29, 1.82) is 0 Å². The molecule has 1 aliphatic rings. The normalized spacial score (nSPS) is 14.1. The third-order valence-corrected chi connectivity index (χ3v) is 5.55. The lowest BCUT2D eigenvalue weighted by molar-refractivity contribution is 0.0785. The SMILES string of the molecule is COc1ccc2cc(CN(C)C(=O)c3cccnc3N3CCCCC3)ccc2c1. The Kier molecular flexibility index (Phi) is 5.65. The summed E-state index contributed by atoms with van der Waals surface area (Å²) >= 11 is 0. The molecule has 0 spiro atoms. The van der Waals surface area contributed by atoms with Crippen molar-refractivity contribution in [2.75, 3.05) is 32.1 Å². The van der Waals surface area contributed by atoms with Crippen LogP contribution in [0, 0.1) is 0 Å². The van der Waals surface area contributed by atoms with E-state index in [-0.39, 0.29) is 5.91 Å². The first-order chi connectivity index (χ1) is 14.2. The van der Waals surface area contributed by atoms with E-state index >= 15 is 0 Å². The molecule has 0 radical (unpaired) electrons. The van der Waals surface area contributed by atoms with E-state index < -0.39 is 0 Å². The fraction of sp³-hybridized carbons (Fsp3) is 0.333. The summed E-state index contributed by atoms with van der Waals surface area (Å²) in [5.41, 5.74) is 1.78. The van der Waals surface area contributed by atoms with Crippen LogP contribution in [0.25, 0.3) is 10.8 Å². The molecule has 3 aromatic rings. The average molecular weight is 389 g/mol. The van der Waals surface area contributed by atoms with E-state index in [1.165, 1.54) is 6.42 Å². The van der Waals surface area contributed by atoms with Crippen LogP contribution in [0.1, 0.15) is 35.2 Å². The number of fused-ring (bicyclic) bond motifs is 1. The van der Waals surface area contributed by atoms with Crippen molar-refractivity contribution < 1.29 is 9.53 Å². The van der Waals surface area contributed by atoms with Gasteiger partial charge in [0.15, 0.2) is 0 Å². The van der Waals surface area contributed by atoms with Gasteiger partial charge in [-0.15, -0.1) is 0 Å². The molecule has 1 aromatic heterocycles. The highest BCUT2D eigenvalue weighted by Gasteiger charge is 2.22. The van der Waals surface area contributed by atoms with Gasteiger partial charge in [0, 0.05) is 32.9 Å². The van der Waals surface area contributed by atoms with Crippen molar-refractivity contribution in [2.24, 2.45) is 0 Å². The van der Waals surface area contributed by atoms with Crippen LogP contribution in [0.5, 0.6) is 5.75 Å². The van der Waals surface area contributed by atoms with Crippen LogP contribution < -0.4 is 9.64 Å². The van der Waals surface area contributed by atoms with Gasteiger partial charge in [-0.2, -0.15) is 0 Å². The Morgan fingerprint density at radius 3 is 2.62 bits per heavy atom. The molecule has 0 N–H and O–H groups in total. The topological polar surface area (TPSA) is 45.7 Å². The molecule has 29 heavy (non-hydrogen) atoms. The van der Waals surface area contributed by atoms with Crippen LogP contribution in [0.4, 0.5) is 5.82 Å². The number of nitrogens with zero attached hydrogens (tertiary/aromatic N) is 3. The van der Waals surface area contributed by atoms with Gasteiger partial charge in [0.05, 0.1) is 12.7 Å². The van der Waals surface area contributed by atoms with Gasteiger partial charge in [0.2, 0.25) is 0 Å². The molecule has 0 unspecified atom stereocenters. The molecule has 5 heteroatoms. The van der Waals surface area contributed by atoms with Gasteiger partial charge >= 0.3 is 0 Å². The zero-order chi connectivity index (χ0) is 20.2. The summed E-state index contributed by atoms with van der Waals surface area (Å²) in [5, 5.41) is 2.27. The number of anilines is 1. The van der Waals surface area contributed by atoms with Crippen molar-refractivity contribution in [2.45, 2.75) is 25.8 Å². The predicted octanol–water partition coefficient (Wildman–Crippen LogP) is 4.51. The second-order valence-electron chi connectivity index (χ2n) is 7.63. The first-order valence-corrected chi connectivity index (χ1v) is 10.2. The minimum Gasteiger partial charge on any atom is -0.497 e. The maximum Gasteiger partial charge on any atom is 0.257 e. The molecule has 0 aliphatic carbocycles. The van der Waals surface area contributed by atoms with Crippen molar-refractivity contribution in [3.63, 3.8) is 0 Å². The molecule has 1 saturated heterocycles. The van der Waals surface area contributed by atoms with Gasteiger partial charge in [0.1, 0.15) is 11.6 Å². The lowest BCUT2D eigenvalue weighted by Crippen LogP contribution is -2.34. The van der Waals surface area contributed by atoms with Crippen LogP contribution >= 0.6 is 0 Å². The van der Waals surface area contributed by atoms with Gasteiger partial charge < -0.3 is 14.5 Å². The van der Waals surface area contributed by atoms with E-state index in [1.54, 1.807) is 18.2 Å². The van der Waals surface area contributed by atoms with Gasteiger partial charge in [-0.05, 0) is 65.9 Å². The fourth-order valence-electron chi connectivity index (χ4n) is 3.97. The number of aromatic nitrogens is 1. The highest BCUT2D eigenvalue weighted by atomic mass is 16.5. The Hall–Kier alpha value is -3.08. The second kappa shape index (κ2) is 8.52. The highest BCUT2D eigenvalue weighted by molar-refractivity contribution is 5.98. The Bertz CT molecular complexity index is 1010. The molecule has 4 rings (SSSR count). The number of benzene rings is 2. The van der Waals surface area contributed by atoms with Gasteiger partial charge in [-0.25, -0.2) is 4.98 Å². The van der Waals surface area contributed by atoms with Gasteiger partial charge in [0.25, 0.3) is 5.91 Å². The van der Waals surface area contributed by atoms with Gasteiger partial charge in [-0.1, -0.05) is 18.2 Å². The van der Waals surface area contributed by atoms with Crippen molar-refractivity contribution in [3.8, 4) is 5.75 Å². The number of rotatable bonds is 5. The lowest BCUT2D eigenvalue weighted by atomic mass is 10.1. The number of ether oxygens (including phenoxy) is 1. The maximum absolute atomic E-state index is 13.2. The van der Waals surface area contributed by atoms with Crippen molar-refractivity contribution >= 4 is 22.5 Å². The summed E-state index contributed by atoms with van der Waals surface area (Å²) < 4.78 is 5.30. The Labute approximate surface area is 171 Å². The third-order valence-electron chi connectivity index (χ3n) is 5.55. The van der Waals surface area contributed by atoms with E-state index in [0.29, 0.717) is 12.1 Å². The molecule has 0 bridgehead atoms. The quantitative estimate of drug-likeness (QED) is 0.644. The number of piperidine rings is 1. The average Bonchev–Trinajstić information content (AvgIpc) is 2.78. The summed E-state index contributed by atoms with van der Waals surface area (Å²) in [6.45, 7) is 2.49. The first-order valence-electron chi connectivity index (χ1n) is 10.2. The van der Waals surface area contributed by atoms with Crippen LogP contribution in [-0.2, 0) is 6.54 Å². The standard InChI is InChI=1S/C24H27N3O2/c1-26(17-18-8-9-20-16-21(29-2)11-10-19(20)15-18)24(28)22-7-6-12-25-23(22)27-13-4-3-5-14-27/h6-12,15-16H,3-5,13-14,17H2,1-2H3. The number of hydrogen-bond acceptors (Lipinski definition) is 4. The molecule has 0 atom stereocenters. The van der Waals surface area contributed by atoms with Gasteiger partial charge in [-0.3, -0.25) is 4.79 Å². The Balaban J connectivity index is 1.53. The maximum atomic E-state index is 13.2. The summed E-state index contributed by atoms with van der Waals surface area (Å²) in [6, 6.07) is 16.0. The molecule has 1 aliphatic heterocycles. The second-order valence-corrected chi connectivity index (χ2v) is 7.63. The zero-order valence-corrected chi connectivity index (χ0v) is 17.1. The molecule has 5 nitrogen and oxygen atoms in total. The zero-order valence-electron chi connectivity index (χ0n) is 17.1. The summed E-state index contributed by atoms with van der Waals surface area (Å²) in [7, 11) is 3.53. The lowest BCUT2D eigenvalue weighted by Gasteiger charge is -2.30. The molecule has 2 heterocycles. The number of pyridine rings is 1. The van der Waals surface area contributed by atoms with E-state index in [2.05, 4.69) is 34.1 Å². The summed E-state index contributed by atoms with van der Waals surface area (Å²) in [5.74, 6) is 1.67. The first kappa shape index (κ1) is 19.2. The molecule has 0 saturated carbocycles.